The van der Waals surface area contributed by atoms with Crippen molar-refractivity contribution in [1.29, 1.82) is 0 Å². The lowest BCUT2D eigenvalue weighted by molar-refractivity contribution is 0.161. The smallest absolute Gasteiger partial charge is 0.0705 e. The van der Waals surface area contributed by atoms with Gasteiger partial charge in [0.05, 0.1) is 22.9 Å². The Labute approximate surface area is 161 Å². The maximum Gasteiger partial charge on any atom is 0.0705 e. The number of fused-ring (bicyclic) bond motifs is 2. The van der Waals surface area contributed by atoms with Crippen LogP contribution in [0.3, 0.4) is 0 Å². The fraction of sp³-hybridized carbons (Fsp3) is 0.391. The van der Waals surface area contributed by atoms with Gasteiger partial charge in [-0.2, -0.15) is 0 Å². The predicted octanol–water partition coefficient (Wildman–Crippen LogP) is 4.25. The molecule has 2 N–H and O–H groups in total. The summed E-state index contributed by atoms with van der Waals surface area (Å²) in [6.07, 6.45) is 7.64. The first-order chi connectivity index (χ1) is 13.3. The summed E-state index contributed by atoms with van der Waals surface area (Å²) in [5.74, 6) is 0. The van der Waals surface area contributed by atoms with E-state index in [1.165, 1.54) is 29.5 Å². The van der Waals surface area contributed by atoms with E-state index in [2.05, 4.69) is 53.4 Å². The molecule has 140 valence electrons. The first-order valence-corrected chi connectivity index (χ1v) is 10.1. The fourth-order valence-corrected chi connectivity index (χ4v) is 4.15. The summed E-state index contributed by atoms with van der Waals surface area (Å²) in [6.45, 7) is 2.64. The summed E-state index contributed by atoms with van der Waals surface area (Å²) >= 11 is 0. The van der Waals surface area contributed by atoms with Crippen molar-refractivity contribution in [2.24, 2.45) is 5.73 Å². The van der Waals surface area contributed by atoms with Crippen molar-refractivity contribution in [3.05, 3.63) is 71.7 Å². The predicted molar refractivity (Wildman–Crippen MR) is 110 cm³/mol. The van der Waals surface area contributed by atoms with Crippen molar-refractivity contribution in [3.8, 4) is 0 Å². The largest absolute Gasteiger partial charge is 0.330 e. The molecule has 2 aromatic heterocycles. The molecule has 1 aromatic carbocycles. The van der Waals surface area contributed by atoms with Crippen LogP contribution < -0.4 is 5.73 Å². The zero-order chi connectivity index (χ0) is 18.5. The van der Waals surface area contributed by atoms with E-state index in [0.29, 0.717) is 6.04 Å². The van der Waals surface area contributed by atoms with Crippen LogP contribution >= 0.6 is 0 Å². The lowest BCUT2D eigenvalue weighted by atomic mass is 9.90. The normalized spacial score (nSPS) is 16.6. The number of nitrogens with zero attached hydrogens (tertiary/aromatic N) is 3. The number of aryl methyl sites for hydroxylation is 1. The Morgan fingerprint density at radius 3 is 2.89 bits per heavy atom. The van der Waals surface area contributed by atoms with Gasteiger partial charge in [0.1, 0.15) is 0 Å². The molecule has 0 aliphatic heterocycles. The Kier molecular flexibility index (Phi) is 5.75. The van der Waals surface area contributed by atoms with Crippen LogP contribution in [0.5, 0.6) is 0 Å². The molecule has 1 aliphatic rings. The van der Waals surface area contributed by atoms with Gasteiger partial charge in [-0.1, -0.05) is 30.3 Å². The summed E-state index contributed by atoms with van der Waals surface area (Å²) in [6, 6.07) is 17.4. The number of rotatable bonds is 7. The van der Waals surface area contributed by atoms with Crippen molar-refractivity contribution in [2.45, 2.75) is 44.7 Å². The maximum absolute atomic E-state index is 5.74. The number of pyridine rings is 2. The molecule has 4 heteroatoms. The molecule has 0 saturated heterocycles. The SMILES string of the molecule is NCCCCN(Cc1ccc2ccccc2n1)C1CCCc2cccnc21. The van der Waals surface area contributed by atoms with E-state index >= 15 is 0 Å². The van der Waals surface area contributed by atoms with Gasteiger partial charge in [0, 0.05) is 18.1 Å². The Bertz CT molecular complexity index is 892. The molecule has 1 unspecified atom stereocenters. The molecule has 2 heterocycles. The average molecular weight is 361 g/mol. The third-order valence-corrected chi connectivity index (χ3v) is 5.53. The molecule has 0 spiro atoms. The van der Waals surface area contributed by atoms with Gasteiger partial charge in [-0.05, 0) is 69.0 Å². The van der Waals surface area contributed by atoms with Crippen LogP contribution in [0, 0.1) is 0 Å². The van der Waals surface area contributed by atoms with Crippen molar-refractivity contribution >= 4 is 10.9 Å². The summed E-state index contributed by atoms with van der Waals surface area (Å²) in [4.78, 5) is 12.2. The molecule has 4 nitrogen and oxygen atoms in total. The van der Waals surface area contributed by atoms with Crippen LogP contribution in [0.1, 0.15) is 48.7 Å². The van der Waals surface area contributed by atoms with Crippen molar-refractivity contribution in [2.75, 3.05) is 13.1 Å². The van der Waals surface area contributed by atoms with Gasteiger partial charge in [-0.15, -0.1) is 0 Å². The van der Waals surface area contributed by atoms with Gasteiger partial charge in [0.15, 0.2) is 0 Å². The summed E-state index contributed by atoms with van der Waals surface area (Å²) in [5.41, 5.74) is 10.6. The van der Waals surface area contributed by atoms with Gasteiger partial charge in [0.2, 0.25) is 0 Å². The third kappa shape index (κ3) is 4.18. The fourth-order valence-electron chi connectivity index (χ4n) is 4.15. The summed E-state index contributed by atoms with van der Waals surface area (Å²) in [5, 5.41) is 1.20. The third-order valence-electron chi connectivity index (χ3n) is 5.53. The number of unbranched alkanes of at least 4 members (excludes halogenated alkanes) is 1. The van der Waals surface area contributed by atoms with E-state index in [1.807, 2.05) is 6.20 Å². The molecule has 0 saturated carbocycles. The summed E-state index contributed by atoms with van der Waals surface area (Å²) < 4.78 is 0. The van der Waals surface area contributed by atoms with Crippen molar-refractivity contribution in [3.63, 3.8) is 0 Å². The zero-order valence-corrected chi connectivity index (χ0v) is 15.8. The Hall–Kier alpha value is -2.30. The molecule has 0 bridgehead atoms. The number of hydrogen-bond donors (Lipinski definition) is 1. The van der Waals surface area contributed by atoms with E-state index in [9.17, 15) is 0 Å². The van der Waals surface area contributed by atoms with Gasteiger partial charge in [-0.25, -0.2) is 0 Å². The van der Waals surface area contributed by atoms with E-state index in [4.69, 9.17) is 15.7 Å². The zero-order valence-electron chi connectivity index (χ0n) is 15.8. The second kappa shape index (κ2) is 8.59. The molecule has 0 fully saturated rings. The minimum atomic E-state index is 0.376. The number of para-hydroxylation sites is 1. The lowest BCUT2D eigenvalue weighted by Crippen LogP contribution is -2.33. The quantitative estimate of drug-likeness (QED) is 0.640. The standard InChI is InChI=1S/C23H28N4/c24-14-3-4-16-27(22-11-5-8-19-9-6-15-25-23(19)22)17-20-13-12-18-7-1-2-10-21(18)26-20/h1-2,6-7,9-10,12-13,15,22H,3-5,8,11,14,16-17,24H2. The molecule has 4 rings (SSSR count). The molecule has 1 aliphatic carbocycles. The first-order valence-electron chi connectivity index (χ1n) is 10.1. The van der Waals surface area contributed by atoms with Crippen LogP contribution in [0.15, 0.2) is 54.7 Å². The lowest BCUT2D eigenvalue weighted by Gasteiger charge is -2.35. The second-order valence-corrected chi connectivity index (χ2v) is 7.42. The monoisotopic (exact) mass is 360 g/mol. The van der Waals surface area contributed by atoms with Gasteiger partial charge in [0.25, 0.3) is 0 Å². The molecule has 0 radical (unpaired) electrons. The van der Waals surface area contributed by atoms with Gasteiger partial charge in [-0.3, -0.25) is 14.9 Å². The van der Waals surface area contributed by atoms with E-state index < -0.39 is 0 Å². The molecular weight excluding hydrogens is 332 g/mol. The molecule has 1 atom stereocenters. The van der Waals surface area contributed by atoms with Crippen molar-refractivity contribution < 1.29 is 0 Å². The number of benzene rings is 1. The van der Waals surface area contributed by atoms with Crippen LogP contribution in [0.25, 0.3) is 10.9 Å². The van der Waals surface area contributed by atoms with E-state index in [-0.39, 0.29) is 0 Å². The van der Waals surface area contributed by atoms with Gasteiger partial charge < -0.3 is 5.73 Å². The number of aromatic nitrogens is 2. The highest BCUT2D eigenvalue weighted by atomic mass is 15.2. The Balaban J connectivity index is 1.60. The van der Waals surface area contributed by atoms with Crippen LogP contribution in [-0.2, 0) is 13.0 Å². The minimum absolute atomic E-state index is 0.376. The maximum atomic E-state index is 5.74. The highest BCUT2D eigenvalue weighted by Crippen LogP contribution is 2.33. The number of hydrogen-bond acceptors (Lipinski definition) is 4. The number of nitrogens with two attached hydrogens (primary N) is 1. The highest BCUT2D eigenvalue weighted by Gasteiger charge is 2.27. The molecule has 27 heavy (non-hydrogen) atoms. The topological polar surface area (TPSA) is 55.0 Å². The van der Waals surface area contributed by atoms with E-state index in [1.54, 1.807) is 0 Å². The Morgan fingerprint density at radius 1 is 1.04 bits per heavy atom. The van der Waals surface area contributed by atoms with Gasteiger partial charge >= 0.3 is 0 Å². The summed E-state index contributed by atoms with van der Waals surface area (Å²) in [7, 11) is 0. The highest BCUT2D eigenvalue weighted by molar-refractivity contribution is 5.78. The van der Waals surface area contributed by atoms with E-state index in [0.717, 1.165) is 50.1 Å². The Morgan fingerprint density at radius 2 is 1.96 bits per heavy atom. The van der Waals surface area contributed by atoms with Crippen molar-refractivity contribution in [1.82, 2.24) is 14.9 Å². The molecular formula is C23H28N4. The second-order valence-electron chi connectivity index (χ2n) is 7.42. The molecule has 0 amide bonds. The molecule has 3 aromatic rings. The first kappa shape index (κ1) is 18.1. The van der Waals surface area contributed by atoms with Crippen LogP contribution in [-0.4, -0.2) is 28.0 Å². The van der Waals surface area contributed by atoms with Crippen LogP contribution in [0.4, 0.5) is 0 Å². The van der Waals surface area contributed by atoms with Crippen LogP contribution in [0.2, 0.25) is 0 Å². The minimum Gasteiger partial charge on any atom is -0.330 e. The average Bonchev–Trinajstić information content (AvgIpc) is 2.73.